The van der Waals surface area contributed by atoms with Gasteiger partial charge >= 0.3 is 0 Å². The van der Waals surface area contributed by atoms with Gasteiger partial charge in [0.25, 0.3) is 0 Å². The standard InChI is InChI=1S/C20H29N3O3/c1-22-8-4-5-17(22)14-21-15-18(23-9-11-26-12-10-23)16-6-7-19(24-2)20(13-16)25-3/h4-8,13,18,21H,9-12,14-15H2,1-3H3. The second-order valence-electron chi connectivity index (χ2n) is 6.52. The van der Waals surface area contributed by atoms with E-state index in [0.29, 0.717) is 0 Å². The minimum atomic E-state index is 0.263. The van der Waals surface area contributed by atoms with E-state index in [2.05, 4.69) is 52.3 Å². The molecule has 2 aromatic rings. The van der Waals surface area contributed by atoms with E-state index in [1.54, 1.807) is 14.2 Å². The molecule has 1 aromatic heterocycles. The van der Waals surface area contributed by atoms with Crippen molar-refractivity contribution in [3.8, 4) is 11.5 Å². The fourth-order valence-electron chi connectivity index (χ4n) is 3.42. The molecule has 1 aliphatic rings. The lowest BCUT2D eigenvalue weighted by Gasteiger charge is -2.35. The van der Waals surface area contributed by atoms with E-state index in [1.807, 2.05) is 6.07 Å². The normalized spacial score (nSPS) is 16.4. The van der Waals surface area contributed by atoms with Gasteiger partial charge in [-0.3, -0.25) is 4.90 Å². The minimum Gasteiger partial charge on any atom is -0.493 e. The molecule has 26 heavy (non-hydrogen) atoms. The molecule has 6 nitrogen and oxygen atoms in total. The first-order valence-corrected chi connectivity index (χ1v) is 9.07. The van der Waals surface area contributed by atoms with Crippen LogP contribution in [0.15, 0.2) is 36.5 Å². The van der Waals surface area contributed by atoms with E-state index in [0.717, 1.165) is 50.9 Å². The van der Waals surface area contributed by atoms with Crippen molar-refractivity contribution in [1.29, 1.82) is 0 Å². The molecule has 1 atom stereocenters. The molecule has 3 rings (SSSR count). The van der Waals surface area contributed by atoms with Crippen molar-refractivity contribution < 1.29 is 14.2 Å². The number of aromatic nitrogens is 1. The van der Waals surface area contributed by atoms with Crippen LogP contribution in [0.2, 0.25) is 0 Å². The highest BCUT2D eigenvalue weighted by Gasteiger charge is 2.23. The number of aryl methyl sites for hydroxylation is 1. The largest absolute Gasteiger partial charge is 0.493 e. The molecular formula is C20H29N3O3. The maximum atomic E-state index is 5.54. The molecule has 1 fully saturated rings. The summed E-state index contributed by atoms with van der Waals surface area (Å²) >= 11 is 0. The lowest BCUT2D eigenvalue weighted by molar-refractivity contribution is 0.0160. The predicted octanol–water partition coefficient (Wildman–Crippen LogP) is 2.21. The van der Waals surface area contributed by atoms with Gasteiger partial charge in [0, 0.05) is 51.2 Å². The molecule has 0 spiro atoms. The third-order valence-electron chi connectivity index (χ3n) is 4.97. The van der Waals surface area contributed by atoms with Crippen molar-refractivity contribution in [2.45, 2.75) is 12.6 Å². The smallest absolute Gasteiger partial charge is 0.161 e. The first-order chi connectivity index (χ1) is 12.7. The second kappa shape index (κ2) is 9.07. The fraction of sp³-hybridized carbons (Fsp3) is 0.500. The summed E-state index contributed by atoms with van der Waals surface area (Å²) in [4.78, 5) is 2.47. The summed E-state index contributed by atoms with van der Waals surface area (Å²) in [5, 5.41) is 3.62. The Balaban J connectivity index is 1.75. The summed E-state index contributed by atoms with van der Waals surface area (Å²) in [6.45, 7) is 5.14. The van der Waals surface area contributed by atoms with Crippen LogP contribution in [0.4, 0.5) is 0 Å². The van der Waals surface area contributed by atoms with Crippen LogP contribution in [0.25, 0.3) is 0 Å². The Morgan fingerprint density at radius 2 is 1.88 bits per heavy atom. The Morgan fingerprint density at radius 1 is 1.12 bits per heavy atom. The van der Waals surface area contributed by atoms with Crippen molar-refractivity contribution in [2.75, 3.05) is 47.1 Å². The van der Waals surface area contributed by atoms with Gasteiger partial charge in [-0.2, -0.15) is 0 Å². The second-order valence-corrected chi connectivity index (χ2v) is 6.52. The van der Waals surface area contributed by atoms with Crippen LogP contribution in [0.3, 0.4) is 0 Å². The molecule has 1 unspecified atom stereocenters. The SMILES string of the molecule is COc1ccc(C(CNCc2cccn2C)N2CCOCC2)cc1OC. The highest BCUT2D eigenvalue weighted by molar-refractivity contribution is 5.44. The molecule has 1 aliphatic heterocycles. The highest BCUT2D eigenvalue weighted by atomic mass is 16.5. The topological polar surface area (TPSA) is 47.9 Å². The zero-order valence-corrected chi connectivity index (χ0v) is 15.9. The van der Waals surface area contributed by atoms with Crippen LogP contribution in [0.5, 0.6) is 11.5 Å². The predicted molar refractivity (Wildman–Crippen MR) is 102 cm³/mol. The van der Waals surface area contributed by atoms with Gasteiger partial charge in [-0.05, 0) is 29.8 Å². The van der Waals surface area contributed by atoms with Crippen LogP contribution < -0.4 is 14.8 Å². The summed E-state index contributed by atoms with van der Waals surface area (Å²) in [7, 11) is 5.42. The molecule has 2 heterocycles. The Bertz CT molecular complexity index is 695. The summed E-state index contributed by atoms with van der Waals surface area (Å²) in [5.74, 6) is 1.53. The monoisotopic (exact) mass is 359 g/mol. The molecule has 1 aromatic carbocycles. The molecule has 1 saturated heterocycles. The molecule has 6 heteroatoms. The van der Waals surface area contributed by atoms with E-state index < -0.39 is 0 Å². The van der Waals surface area contributed by atoms with Crippen molar-refractivity contribution in [1.82, 2.24) is 14.8 Å². The lowest BCUT2D eigenvalue weighted by atomic mass is 10.0. The Labute approximate surface area is 155 Å². The van der Waals surface area contributed by atoms with Crippen LogP contribution in [-0.2, 0) is 18.3 Å². The average molecular weight is 359 g/mol. The summed E-state index contributed by atoms with van der Waals surface area (Å²) < 4.78 is 18.6. The molecule has 0 amide bonds. The number of methoxy groups -OCH3 is 2. The van der Waals surface area contributed by atoms with Crippen molar-refractivity contribution >= 4 is 0 Å². The maximum absolute atomic E-state index is 5.54. The van der Waals surface area contributed by atoms with E-state index in [4.69, 9.17) is 14.2 Å². The quantitative estimate of drug-likeness (QED) is 0.783. The zero-order valence-electron chi connectivity index (χ0n) is 15.9. The molecule has 1 N–H and O–H groups in total. The summed E-state index contributed by atoms with van der Waals surface area (Å²) in [6.07, 6.45) is 2.07. The first kappa shape index (κ1) is 18.8. The molecule has 0 bridgehead atoms. The molecule has 0 radical (unpaired) electrons. The van der Waals surface area contributed by atoms with Gasteiger partial charge in [0.15, 0.2) is 11.5 Å². The fourth-order valence-corrected chi connectivity index (χ4v) is 3.42. The molecular weight excluding hydrogens is 330 g/mol. The number of benzene rings is 1. The molecule has 0 saturated carbocycles. The third kappa shape index (κ3) is 4.38. The Morgan fingerprint density at radius 3 is 2.54 bits per heavy atom. The van der Waals surface area contributed by atoms with Gasteiger partial charge in [0.05, 0.1) is 27.4 Å². The van der Waals surface area contributed by atoms with Crippen molar-refractivity contribution in [3.63, 3.8) is 0 Å². The van der Waals surface area contributed by atoms with Gasteiger partial charge in [-0.15, -0.1) is 0 Å². The van der Waals surface area contributed by atoms with Crippen LogP contribution in [0, 0.1) is 0 Å². The zero-order chi connectivity index (χ0) is 18.4. The van der Waals surface area contributed by atoms with Gasteiger partial charge in [-0.25, -0.2) is 0 Å². The van der Waals surface area contributed by atoms with Gasteiger partial charge in [0.2, 0.25) is 0 Å². The van der Waals surface area contributed by atoms with E-state index in [9.17, 15) is 0 Å². The minimum absolute atomic E-state index is 0.263. The maximum Gasteiger partial charge on any atom is 0.161 e. The van der Waals surface area contributed by atoms with Crippen LogP contribution in [-0.4, -0.2) is 56.5 Å². The Kier molecular flexibility index (Phi) is 6.55. The van der Waals surface area contributed by atoms with Gasteiger partial charge < -0.3 is 24.1 Å². The lowest BCUT2D eigenvalue weighted by Crippen LogP contribution is -2.42. The average Bonchev–Trinajstić information content (AvgIpc) is 3.10. The number of rotatable bonds is 8. The first-order valence-electron chi connectivity index (χ1n) is 9.07. The van der Waals surface area contributed by atoms with E-state index >= 15 is 0 Å². The molecule has 142 valence electrons. The van der Waals surface area contributed by atoms with Gasteiger partial charge in [0.1, 0.15) is 0 Å². The summed E-state index contributed by atoms with van der Waals surface area (Å²) in [6, 6.07) is 10.7. The third-order valence-corrected chi connectivity index (χ3v) is 4.97. The van der Waals surface area contributed by atoms with Crippen molar-refractivity contribution in [3.05, 3.63) is 47.8 Å². The van der Waals surface area contributed by atoms with E-state index in [1.165, 1.54) is 11.3 Å². The van der Waals surface area contributed by atoms with Crippen molar-refractivity contribution in [2.24, 2.45) is 7.05 Å². The number of nitrogens with zero attached hydrogens (tertiary/aromatic N) is 2. The van der Waals surface area contributed by atoms with Crippen LogP contribution >= 0.6 is 0 Å². The summed E-state index contributed by atoms with van der Waals surface area (Å²) in [5.41, 5.74) is 2.50. The van der Waals surface area contributed by atoms with E-state index in [-0.39, 0.29) is 6.04 Å². The number of ether oxygens (including phenoxy) is 3. The van der Waals surface area contributed by atoms with Gasteiger partial charge in [-0.1, -0.05) is 6.07 Å². The number of nitrogens with one attached hydrogen (secondary N) is 1. The number of morpholine rings is 1. The highest BCUT2D eigenvalue weighted by Crippen LogP contribution is 2.32. The number of hydrogen-bond acceptors (Lipinski definition) is 5. The van der Waals surface area contributed by atoms with Crippen LogP contribution in [0.1, 0.15) is 17.3 Å². The molecule has 0 aliphatic carbocycles. The Hall–Kier alpha value is -2.02. The number of hydrogen-bond donors (Lipinski definition) is 1.